The number of hydrogen-bond acceptors (Lipinski definition) is 3. The van der Waals surface area contributed by atoms with Crippen LogP contribution in [0.25, 0.3) is 0 Å². The second-order valence-corrected chi connectivity index (χ2v) is 6.24. The molecule has 0 aromatic heterocycles. The molecule has 0 aliphatic rings. The zero-order valence-corrected chi connectivity index (χ0v) is 15.1. The zero-order chi connectivity index (χ0) is 19.1. The Hall–Kier alpha value is -3.40. The van der Waals surface area contributed by atoms with Crippen molar-refractivity contribution in [1.29, 1.82) is 0 Å². The Kier molecular flexibility index (Phi) is 6.00. The number of ketones is 1. The SMILES string of the molecule is CC(=O)c1ccc(NC(=O)COc2ccccc2Cc2ccccc2)cc1. The molecule has 0 aliphatic heterocycles. The van der Waals surface area contributed by atoms with Gasteiger partial charge >= 0.3 is 0 Å². The van der Waals surface area contributed by atoms with Crippen LogP contribution in [0.5, 0.6) is 5.75 Å². The van der Waals surface area contributed by atoms with Gasteiger partial charge in [0.15, 0.2) is 12.4 Å². The molecule has 0 atom stereocenters. The lowest BCUT2D eigenvalue weighted by atomic mass is 10.0. The molecule has 4 nitrogen and oxygen atoms in total. The number of para-hydroxylation sites is 1. The predicted molar refractivity (Wildman–Crippen MR) is 106 cm³/mol. The van der Waals surface area contributed by atoms with E-state index in [1.165, 1.54) is 12.5 Å². The van der Waals surface area contributed by atoms with Crippen molar-refractivity contribution in [2.24, 2.45) is 0 Å². The average molecular weight is 359 g/mol. The van der Waals surface area contributed by atoms with E-state index in [-0.39, 0.29) is 18.3 Å². The minimum Gasteiger partial charge on any atom is -0.483 e. The Morgan fingerprint density at radius 3 is 2.22 bits per heavy atom. The quantitative estimate of drug-likeness (QED) is 0.632. The maximum atomic E-state index is 12.2. The van der Waals surface area contributed by atoms with Crippen molar-refractivity contribution in [2.45, 2.75) is 13.3 Å². The Labute approximate surface area is 158 Å². The highest BCUT2D eigenvalue weighted by atomic mass is 16.5. The molecule has 0 saturated carbocycles. The molecule has 1 amide bonds. The Bertz CT molecular complexity index is 918. The van der Waals surface area contributed by atoms with E-state index in [0.717, 1.165) is 12.0 Å². The van der Waals surface area contributed by atoms with Crippen molar-refractivity contribution in [2.75, 3.05) is 11.9 Å². The van der Waals surface area contributed by atoms with Crippen molar-refractivity contribution in [1.82, 2.24) is 0 Å². The van der Waals surface area contributed by atoms with Gasteiger partial charge < -0.3 is 10.1 Å². The third kappa shape index (κ3) is 5.28. The number of nitrogens with one attached hydrogen (secondary N) is 1. The maximum absolute atomic E-state index is 12.2. The van der Waals surface area contributed by atoms with Gasteiger partial charge in [0.05, 0.1) is 0 Å². The Morgan fingerprint density at radius 1 is 0.852 bits per heavy atom. The summed E-state index contributed by atoms with van der Waals surface area (Å²) in [5.74, 6) is 0.440. The molecule has 0 aliphatic carbocycles. The number of benzene rings is 3. The molecule has 4 heteroatoms. The summed E-state index contributed by atoms with van der Waals surface area (Å²) in [6.07, 6.45) is 0.741. The summed E-state index contributed by atoms with van der Waals surface area (Å²) in [7, 11) is 0. The first kappa shape index (κ1) is 18.4. The molecule has 1 N–H and O–H groups in total. The van der Waals surface area contributed by atoms with Gasteiger partial charge in [0, 0.05) is 17.7 Å². The lowest BCUT2D eigenvalue weighted by Crippen LogP contribution is -2.20. The topological polar surface area (TPSA) is 55.4 Å². The fourth-order valence-electron chi connectivity index (χ4n) is 2.74. The van der Waals surface area contributed by atoms with Crippen LogP contribution < -0.4 is 10.1 Å². The molecule has 27 heavy (non-hydrogen) atoms. The first-order valence-corrected chi connectivity index (χ1v) is 8.77. The fourth-order valence-corrected chi connectivity index (χ4v) is 2.74. The molecule has 0 fully saturated rings. The molecule has 0 saturated heterocycles. The van der Waals surface area contributed by atoms with Gasteiger partial charge in [0.1, 0.15) is 5.75 Å². The van der Waals surface area contributed by atoms with E-state index in [4.69, 9.17) is 4.74 Å². The van der Waals surface area contributed by atoms with Crippen LogP contribution >= 0.6 is 0 Å². The van der Waals surface area contributed by atoms with Crippen molar-refractivity contribution < 1.29 is 14.3 Å². The van der Waals surface area contributed by atoms with Crippen LogP contribution in [0.3, 0.4) is 0 Å². The van der Waals surface area contributed by atoms with Crippen molar-refractivity contribution in [3.63, 3.8) is 0 Å². The second kappa shape index (κ2) is 8.81. The fraction of sp³-hybridized carbons (Fsp3) is 0.130. The van der Waals surface area contributed by atoms with Crippen molar-refractivity contribution in [3.05, 3.63) is 95.6 Å². The van der Waals surface area contributed by atoms with Gasteiger partial charge in [-0.1, -0.05) is 48.5 Å². The second-order valence-electron chi connectivity index (χ2n) is 6.24. The largest absolute Gasteiger partial charge is 0.483 e. The van der Waals surface area contributed by atoms with Crippen molar-refractivity contribution in [3.8, 4) is 5.75 Å². The lowest BCUT2D eigenvalue weighted by molar-refractivity contribution is -0.118. The van der Waals surface area contributed by atoms with Crippen LogP contribution in [-0.2, 0) is 11.2 Å². The summed E-state index contributed by atoms with van der Waals surface area (Å²) in [5, 5.41) is 2.77. The molecule has 0 heterocycles. The van der Waals surface area contributed by atoms with Crippen LogP contribution in [0.15, 0.2) is 78.9 Å². The van der Waals surface area contributed by atoms with Gasteiger partial charge in [-0.15, -0.1) is 0 Å². The highest BCUT2D eigenvalue weighted by Gasteiger charge is 2.08. The summed E-state index contributed by atoms with van der Waals surface area (Å²) >= 11 is 0. The number of hydrogen-bond donors (Lipinski definition) is 1. The molecule has 3 aromatic rings. The Balaban J connectivity index is 1.59. The number of anilines is 1. The van der Waals surface area contributed by atoms with Gasteiger partial charge in [-0.3, -0.25) is 9.59 Å². The number of amides is 1. The van der Waals surface area contributed by atoms with E-state index in [1.807, 2.05) is 42.5 Å². The average Bonchev–Trinajstić information content (AvgIpc) is 2.68. The first-order chi connectivity index (χ1) is 13.1. The van der Waals surface area contributed by atoms with E-state index in [1.54, 1.807) is 24.3 Å². The van der Waals surface area contributed by atoms with Crippen LogP contribution in [0.4, 0.5) is 5.69 Å². The van der Waals surface area contributed by atoms with E-state index >= 15 is 0 Å². The van der Waals surface area contributed by atoms with Crippen LogP contribution in [0, 0.1) is 0 Å². The smallest absolute Gasteiger partial charge is 0.262 e. The summed E-state index contributed by atoms with van der Waals surface area (Å²) in [6, 6.07) is 24.6. The lowest BCUT2D eigenvalue weighted by Gasteiger charge is -2.12. The molecule has 0 unspecified atom stereocenters. The van der Waals surface area contributed by atoms with Gasteiger partial charge in [-0.2, -0.15) is 0 Å². The maximum Gasteiger partial charge on any atom is 0.262 e. The molecule has 136 valence electrons. The third-order valence-electron chi connectivity index (χ3n) is 4.14. The summed E-state index contributed by atoms with van der Waals surface area (Å²) < 4.78 is 5.74. The third-order valence-corrected chi connectivity index (χ3v) is 4.14. The predicted octanol–water partition coefficient (Wildman–Crippen LogP) is 4.50. The number of rotatable bonds is 7. The monoisotopic (exact) mass is 359 g/mol. The van der Waals surface area contributed by atoms with Gasteiger partial charge in [0.2, 0.25) is 0 Å². The molecule has 3 rings (SSSR count). The highest BCUT2D eigenvalue weighted by molar-refractivity contribution is 5.95. The number of Topliss-reactive ketones (excluding diaryl/α,β-unsaturated/α-hetero) is 1. The van der Waals surface area contributed by atoms with Crippen LogP contribution in [0.2, 0.25) is 0 Å². The van der Waals surface area contributed by atoms with E-state index in [2.05, 4.69) is 17.4 Å². The first-order valence-electron chi connectivity index (χ1n) is 8.77. The van der Waals surface area contributed by atoms with Crippen LogP contribution in [-0.4, -0.2) is 18.3 Å². The van der Waals surface area contributed by atoms with Crippen LogP contribution in [0.1, 0.15) is 28.4 Å². The molecule has 3 aromatic carbocycles. The number of carbonyl (C=O) groups is 2. The normalized spacial score (nSPS) is 10.3. The number of ether oxygens (including phenoxy) is 1. The van der Waals surface area contributed by atoms with Gasteiger partial charge in [-0.25, -0.2) is 0 Å². The molecular weight excluding hydrogens is 338 g/mol. The van der Waals surface area contributed by atoms with E-state index < -0.39 is 0 Å². The Morgan fingerprint density at radius 2 is 1.52 bits per heavy atom. The summed E-state index contributed by atoms with van der Waals surface area (Å²) in [6.45, 7) is 1.43. The summed E-state index contributed by atoms with van der Waals surface area (Å²) in [5.41, 5.74) is 3.45. The van der Waals surface area contributed by atoms with E-state index in [0.29, 0.717) is 17.0 Å². The van der Waals surface area contributed by atoms with Gasteiger partial charge in [-0.05, 0) is 48.4 Å². The highest BCUT2D eigenvalue weighted by Crippen LogP contribution is 2.21. The molecule has 0 bridgehead atoms. The van der Waals surface area contributed by atoms with Gasteiger partial charge in [0.25, 0.3) is 5.91 Å². The molecule has 0 spiro atoms. The standard InChI is InChI=1S/C23H21NO3/c1-17(25)19-11-13-21(14-12-19)24-23(26)16-27-22-10-6-5-9-20(22)15-18-7-3-2-4-8-18/h2-14H,15-16H2,1H3,(H,24,26). The minimum absolute atomic E-state index is 0.00812. The summed E-state index contributed by atoms with van der Waals surface area (Å²) in [4.78, 5) is 23.5. The number of carbonyl (C=O) groups excluding carboxylic acids is 2. The zero-order valence-electron chi connectivity index (χ0n) is 15.1. The van der Waals surface area contributed by atoms with Crippen molar-refractivity contribution >= 4 is 17.4 Å². The minimum atomic E-state index is -0.250. The molecule has 0 radical (unpaired) electrons. The van der Waals surface area contributed by atoms with E-state index in [9.17, 15) is 9.59 Å². The molecular formula is C23H21NO3.